The summed E-state index contributed by atoms with van der Waals surface area (Å²) in [5, 5.41) is 4.80. The zero-order valence-corrected chi connectivity index (χ0v) is 16.3. The Morgan fingerprint density at radius 1 is 1.15 bits per heavy atom. The number of hydrogen-bond acceptors (Lipinski definition) is 4. The highest BCUT2D eigenvalue weighted by atomic mass is 16.5. The summed E-state index contributed by atoms with van der Waals surface area (Å²) in [6, 6.07) is 10.7. The zero-order chi connectivity index (χ0) is 18.8. The number of nitrogens with zero attached hydrogens (tertiary/aromatic N) is 5. The van der Waals surface area contributed by atoms with E-state index in [2.05, 4.69) is 52.6 Å². The third kappa shape index (κ3) is 3.55. The zero-order valence-electron chi connectivity index (χ0n) is 16.3. The molecule has 3 heterocycles. The molecule has 0 N–H and O–H groups in total. The fraction of sp³-hybridized carbons (Fsp3) is 0.429. The molecule has 0 saturated carbocycles. The van der Waals surface area contributed by atoms with Crippen molar-refractivity contribution in [2.75, 3.05) is 32.8 Å². The molecule has 1 fully saturated rings. The van der Waals surface area contributed by atoms with Gasteiger partial charge in [0, 0.05) is 49.5 Å². The second-order valence-corrected chi connectivity index (χ2v) is 7.25. The van der Waals surface area contributed by atoms with Gasteiger partial charge in [-0.25, -0.2) is 4.98 Å². The van der Waals surface area contributed by atoms with Crippen molar-refractivity contribution in [2.45, 2.75) is 19.9 Å². The smallest absolute Gasteiger partial charge is 0.102 e. The Morgan fingerprint density at radius 3 is 2.63 bits per heavy atom. The third-order valence-corrected chi connectivity index (χ3v) is 5.40. The SMILES string of the molecule is Cc1c(-c2cncn2[C@@H](C)CN2CCOCC2)c(-c2ccccc2)nn1C. The van der Waals surface area contributed by atoms with Crippen molar-refractivity contribution in [2.24, 2.45) is 7.05 Å². The van der Waals surface area contributed by atoms with Gasteiger partial charge in [-0.05, 0) is 13.8 Å². The quantitative estimate of drug-likeness (QED) is 0.697. The largest absolute Gasteiger partial charge is 0.379 e. The summed E-state index contributed by atoms with van der Waals surface area (Å²) in [7, 11) is 2.00. The summed E-state index contributed by atoms with van der Waals surface area (Å²) in [5.41, 5.74) is 5.57. The summed E-state index contributed by atoms with van der Waals surface area (Å²) < 4.78 is 9.72. The van der Waals surface area contributed by atoms with E-state index in [1.54, 1.807) is 0 Å². The molecule has 1 aliphatic heterocycles. The van der Waals surface area contributed by atoms with Crippen molar-refractivity contribution in [1.82, 2.24) is 24.2 Å². The molecular formula is C21H27N5O. The van der Waals surface area contributed by atoms with Crippen LogP contribution in [0.2, 0.25) is 0 Å². The molecule has 0 aliphatic carbocycles. The van der Waals surface area contributed by atoms with Crippen LogP contribution in [0, 0.1) is 6.92 Å². The first-order chi connectivity index (χ1) is 13.1. The van der Waals surface area contributed by atoms with Gasteiger partial charge in [-0.3, -0.25) is 9.58 Å². The first-order valence-corrected chi connectivity index (χ1v) is 9.56. The Hall–Kier alpha value is -2.44. The van der Waals surface area contributed by atoms with Crippen molar-refractivity contribution in [1.29, 1.82) is 0 Å². The number of aromatic nitrogens is 4. The molecule has 1 saturated heterocycles. The van der Waals surface area contributed by atoms with Crippen LogP contribution in [0.5, 0.6) is 0 Å². The minimum absolute atomic E-state index is 0.323. The van der Waals surface area contributed by atoms with E-state index in [4.69, 9.17) is 9.84 Å². The van der Waals surface area contributed by atoms with Gasteiger partial charge in [0.15, 0.2) is 0 Å². The van der Waals surface area contributed by atoms with Gasteiger partial charge in [0.2, 0.25) is 0 Å². The number of imidazole rings is 1. The minimum atomic E-state index is 0.323. The highest BCUT2D eigenvalue weighted by Crippen LogP contribution is 2.35. The Morgan fingerprint density at radius 2 is 1.89 bits per heavy atom. The van der Waals surface area contributed by atoms with E-state index in [0.29, 0.717) is 6.04 Å². The molecule has 6 nitrogen and oxygen atoms in total. The number of aryl methyl sites for hydroxylation is 1. The van der Waals surface area contributed by atoms with Crippen LogP contribution in [-0.2, 0) is 11.8 Å². The molecule has 0 unspecified atom stereocenters. The molecule has 27 heavy (non-hydrogen) atoms. The normalized spacial score (nSPS) is 16.6. The summed E-state index contributed by atoms with van der Waals surface area (Å²) in [5.74, 6) is 0. The number of benzene rings is 1. The standard InChI is InChI=1S/C21H27N5O/c1-16(14-25-9-11-27-12-10-25)26-15-22-13-19(26)20-17(2)24(3)23-21(20)18-7-5-4-6-8-18/h4-8,13,15-16H,9-12,14H2,1-3H3/t16-/m0/s1. The fourth-order valence-electron chi connectivity index (χ4n) is 3.81. The van der Waals surface area contributed by atoms with Gasteiger partial charge >= 0.3 is 0 Å². The first-order valence-electron chi connectivity index (χ1n) is 9.56. The molecule has 4 rings (SSSR count). The first kappa shape index (κ1) is 17.9. The average molecular weight is 365 g/mol. The van der Waals surface area contributed by atoms with E-state index in [9.17, 15) is 0 Å². The second kappa shape index (κ2) is 7.66. The molecule has 1 aliphatic rings. The summed E-state index contributed by atoms with van der Waals surface area (Å²) in [6.07, 6.45) is 3.91. The van der Waals surface area contributed by atoms with Crippen LogP contribution in [-0.4, -0.2) is 57.1 Å². The van der Waals surface area contributed by atoms with Crippen LogP contribution in [0.25, 0.3) is 22.5 Å². The predicted octanol–water partition coefficient (Wildman–Crippen LogP) is 3.15. The van der Waals surface area contributed by atoms with Crippen LogP contribution >= 0.6 is 0 Å². The Labute approximate surface area is 160 Å². The van der Waals surface area contributed by atoms with E-state index >= 15 is 0 Å². The number of hydrogen-bond donors (Lipinski definition) is 0. The van der Waals surface area contributed by atoms with Crippen LogP contribution in [0.15, 0.2) is 42.9 Å². The van der Waals surface area contributed by atoms with Gasteiger partial charge in [0.1, 0.15) is 5.69 Å². The second-order valence-electron chi connectivity index (χ2n) is 7.25. The van der Waals surface area contributed by atoms with Crippen LogP contribution < -0.4 is 0 Å². The maximum atomic E-state index is 5.48. The molecule has 0 radical (unpaired) electrons. The molecule has 1 atom stereocenters. The van der Waals surface area contributed by atoms with Gasteiger partial charge in [0.25, 0.3) is 0 Å². The van der Waals surface area contributed by atoms with Crippen molar-refractivity contribution >= 4 is 0 Å². The molecule has 0 spiro atoms. The summed E-state index contributed by atoms with van der Waals surface area (Å²) >= 11 is 0. The summed E-state index contributed by atoms with van der Waals surface area (Å²) in [4.78, 5) is 6.94. The molecule has 6 heteroatoms. The average Bonchev–Trinajstić information content (AvgIpc) is 3.28. The topological polar surface area (TPSA) is 48.1 Å². The van der Waals surface area contributed by atoms with Crippen molar-refractivity contribution in [3.8, 4) is 22.5 Å². The highest BCUT2D eigenvalue weighted by Gasteiger charge is 2.22. The highest BCUT2D eigenvalue weighted by molar-refractivity contribution is 5.81. The Kier molecular flexibility index (Phi) is 5.09. The lowest BCUT2D eigenvalue weighted by molar-refractivity contribution is 0.0326. The maximum absolute atomic E-state index is 5.48. The molecule has 142 valence electrons. The lowest BCUT2D eigenvalue weighted by Crippen LogP contribution is -2.39. The van der Waals surface area contributed by atoms with E-state index in [1.807, 2.05) is 30.3 Å². The predicted molar refractivity (Wildman–Crippen MR) is 107 cm³/mol. The number of morpholine rings is 1. The van der Waals surface area contributed by atoms with E-state index in [0.717, 1.165) is 61.1 Å². The van der Waals surface area contributed by atoms with E-state index < -0.39 is 0 Å². The minimum Gasteiger partial charge on any atom is -0.379 e. The lowest BCUT2D eigenvalue weighted by atomic mass is 10.0. The molecule has 1 aromatic carbocycles. The molecule has 2 aromatic heterocycles. The van der Waals surface area contributed by atoms with Gasteiger partial charge in [-0.15, -0.1) is 0 Å². The Bertz CT molecular complexity index is 893. The maximum Gasteiger partial charge on any atom is 0.102 e. The number of rotatable bonds is 5. The van der Waals surface area contributed by atoms with Gasteiger partial charge in [-0.2, -0.15) is 5.10 Å². The molecule has 0 amide bonds. The van der Waals surface area contributed by atoms with Gasteiger partial charge in [-0.1, -0.05) is 30.3 Å². The number of ether oxygens (including phenoxy) is 1. The fourth-order valence-corrected chi connectivity index (χ4v) is 3.81. The van der Waals surface area contributed by atoms with E-state index in [-0.39, 0.29) is 0 Å². The monoisotopic (exact) mass is 365 g/mol. The molecule has 3 aromatic rings. The van der Waals surface area contributed by atoms with E-state index in [1.165, 1.54) is 0 Å². The molecule has 0 bridgehead atoms. The Balaban J connectivity index is 1.70. The third-order valence-electron chi connectivity index (χ3n) is 5.40. The van der Waals surface area contributed by atoms with Crippen LogP contribution in [0.4, 0.5) is 0 Å². The lowest BCUT2D eigenvalue weighted by Gasteiger charge is -2.30. The van der Waals surface area contributed by atoms with Crippen molar-refractivity contribution in [3.05, 3.63) is 48.5 Å². The van der Waals surface area contributed by atoms with Crippen LogP contribution in [0.3, 0.4) is 0 Å². The summed E-state index contributed by atoms with van der Waals surface area (Å²) in [6.45, 7) is 9.01. The van der Waals surface area contributed by atoms with Crippen molar-refractivity contribution in [3.63, 3.8) is 0 Å². The van der Waals surface area contributed by atoms with Gasteiger partial charge < -0.3 is 9.30 Å². The van der Waals surface area contributed by atoms with Crippen LogP contribution in [0.1, 0.15) is 18.7 Å². The molecular weight excluding hydrogens is 338 g/mol. The van der Waals surface area contributed by atoms with Crippen molar-refractivity contribution < 1.29 is 4.74 Å². The van der Waals surface area contributed by atoms with Gasteiger partial charge in [0.05, 0.1) is 31.4 Å².